The van der Waals surface area contributed by atoms with Gasteiger partial charge in [0, 0.05) is 38.7 Å². The van der Waals surface area contributed by atoms with Gasteiger partial charge in [-0.25, -0.2) is 4.79 Å². The quantitative estimate of drug-likeness (QED) is 0.753. The first-order valence-electron chi connectivity index (χ1n) is 7.85. The van der Waals surface area contributed by atoms with Crippen LogP contribution in [0.3, 0.4) is 0 Å². The zero-order valence-corrected chi connectivity index (χ0v) is 14.0. The Morgan fingerprint density at radius 2 is 1.96 bits per heavy atom. The summed E-state index contributed by atoms with van der Waals surface area (Å²) in [6.45, 7) is 3.94. The van der Waals surface area contributed by atoms with Gasteiger partial charge in [0.25, 0.3) is 0 Å². The molecule has 0 aromatic heterocycles. The number of amides is 2. The van der Waals surface area contributed by atoms with Crippen LogP contribution in [-0.2, 0) is 19.1 Å². The Hall–Kier alpha value is -2.41. The van der Waals surface area contributed by atoms with Crippen molar-refractivity contribution in [2.24, 2.45) is 0 Å². The summed E-state index contributed by atoms with van der Waals surface area (Å²) in [7, 11) is 1.30. The molecule has 0 radical (unpaired) electrons. The molecular formula is C17H22N2O5. The van der Waals surface area contributed by atoms with E-state index in [2.05, 4.69) is 0 Å². The number of carbonyl (C=O) groups excluding carboxylic acids is 3. The average Bonchev–Trinajstić information content (AvgIpc) is 2.61. The van der Waals surface area contributed by atoms with Crippen LogP contribution in [0.2, 0.25) is 0 Å². The summed E-state index contributed by atoms with van der Waals surface area (Å²) < 4.78 is 9.92. The van der Waals surface area contributed by atoms with E-state index in [0.717, 1.165) is 0 Å². The molecule has 2 rings (SSSR count). The maximum atomic E-state index is 12.2. The summed E-state index contributed by atoms with van der Waals surface area (Å²) in [6, 6.07) is 6.62. The standard InChI is InChI=1S/C17H22N2O5/c1-13(20)19(7-6-16(21)18-8-10-24-11-9-18)15-5-3-4-14(12-15)17(22)23-2/h3-5,12H,6-11H2,1-2H3. The van der Waals surface area contributed by atoms with E-state index in [4.69, 9.17) is 9.47 Å². The summed E-state index contributed by atoms with van der Waals surface area (Å²) in [5.41, 5.74) is 0.931. The Morgan fingerprint density at radius 1 is 1.25 bits per heavy atom. The number of benzene rings is 1. The topological polar surface area (TPSA) is 76.2 Å². The molecule has 1 aliphatic rings. The van der Waals surface area contributed by atoms with Crippen LogP contribution >= 0.6 is 0 Å². The minimum absolute atomic E-state index is 0.00586. The number of rotatable bonds is 5. The molecule has 1 heterocycles. The third-order valence-corrected chi connectivity index (χ3v) is 3.87. The summed E-state index contributed by atoms with van der Waals surface area (Å²) in [6.07, 6.45) is 0.224. The van der Waals surface area contributed by atoms with Gasteiger partial charge in [0.05, 0.1) is 25.9 Å². The van der Waals surface area contributed by atoms with Crippen molar-refractivity contribution in [1.82, 2.24) is 4.90 Å². The van der Waals surface area contributed by atoms with E-state index in [1.54, 1.807) is 29.2 Å². The summed E-state index contributed by atoms with van der Waals surface area (Å²) >= 11 is 0. The van der Waals surface area contributed by atoms with Crippen LogP contribution in [0.25, 0.3) is 0 Å². The van der Waals surface area contributed by atoms with E-state index in [9.17, 15) is 14.4 Å². The van der Waals surface area contributed by atoms with E-state index in [1.807, 2.05) is 0 Å². The number of ether oxygens (including phenoxy) is 2. The summed E-state index contributed by atoms with van der Waals surface area (Å²) in [5, 5.41) is 0. The van der Waals surface area contributed by atoms with E-state index in [-0.39, 0.29) is 24.8 Å². The normalized spacial score (nSPS) is 14.2. The third-order valence-electron chi connectivity index (χ3n) is 3.87. The second kappa shape index (κ2) is 8.44. The first kappa shape index (κ1) is 17.9. The fraction of sp³-hybridized carbons (Fsp3) is 0.471. The molecule has 130 valence electrons. The maximum absolute atomic E-state index is 12.2. The molecule has 7 nitrogen and oxygen atoms in total. The first-order chi connectivity index (χ1) is 11.5. The van der Waals surface area contributed by atoms with Gasteiger partial charge in [0.15, 0.2) is 0 Å². The van der Waals surface area contributed by atoms with Crippen molar-refractivity contribution in [3.05, 3.63) is 29.8 Å². The molecule has 1 aromatic rings. The fourth-order valence-electron chi connectivity index (χ4n) is 2.57. The van der Waals surface area contributed by atoms with Gasteiger partial charge in [-0.15, -0.1) is 0 Å². The second-order valence-electron chi connectivity index (χ2n) is 5.46. The van der Waals surface area contributed by atoms with Crippen LogP contribution in [-0.4, -0.2) is 62.6 Å². The molecule has 7 heteroatoms. The Balaban J connectivity index is 2.05. The lowest BCUT2D eigenvalue weighted by molar-refractivity contribution is -0.135. The molecule has 1 saturated heterocycles. The van der Waals surface area contributed by atoms with Crippen LogP contribution in [0, 0.1) is 0 Å². The first-order valence-corrected chi connectivity index (χ1v) is 7.85. The monoisotopic (exact) mass is 334 g/mol. The number of esters is 1. The predicted octanol–water partition coefficient (Wildman–Crippen LogP) is 1.07. The molecular weight excluding hydrogens is 312 g/mol. The number of hydrogen-bond donors (Lipinski definition) is 0. The van der Waals surface area contributed by atoms with E-state index >= 15 is 0 Å². The largest absolute Gasteiger partial charge is 0.465 e. The van der Waals surface area contributed by atoms with E-state index in [0.29, 0.717) is 37.6 Å². The minimum Gasteiger partial charge on any atom is -0.465 e. The number of methoxy groups -OCH3 is 1. The van der Waals surface area contributed by atoms with Gasteiger partial charge in [-0.05, 0) is 18.2 Å². The molecule has 2 amide bonds. The zero-order valence-electron chi connectivity index (χ0n) is 14.0. The third kappa shape index (κ3) is 4.55. The molecule has 0 spiro atoms. The van der Waals surface area contributed by atoms with E-state index in [1.165, 1.54) is 18.9 Å². The van der Waals surface area contributed by atoms with E-state index < -0.39 is 5.97 Å². The zero-order chi connectivity index (χ0) is 17.5. The fourth-order valence-corrected chi connectivity index (χ4v) is 2.57. The Morgan fingerprint density at radius 3 is 2.58 bits per heavy atom. The maximum Gasteiger partial charge on any atom is 0.337 e. The van der Waals surface area contributed by atoms with Crippen molar-refractivity contribution in [3.8, 4) is 0 Å². The SMILES string of the molecule is COC(=O)c1cccc(N(CCC(=O)N2CCOCC2)C(C)=O)c1. The van der Waals surface area contributed by atoms with Crippen LogP contribution in [0.1, 0.15) is 23.7 Å². The van der Waals surface area contributed by atoms with Gasteiger partial charge in [-0.3, -0.25) is 9.59 Å². The number of morpholine rings is 1. The number of carbonyl (C=O) groups is 3. The Labute approximate surface area is 141 Å². The molecule has 0 N–H and O–H groups in total. The number of hydrogen-bond acceptors (Lipinski definition) is 5. The van der Waals surface area contributed by atoms with Crippen molar-refractivity contribution in [3.63, 3.8) is 0 Å². The molecule has 0 bridgehead atoms. The van der Waals surface area contributed by atoms with Gasteiger partial charge in [0.2, 0.25) is 11.8 Å². The van der Waals surface area contributed by atoms with Crippen molar-refractivity contribution in [2.45, 2.75) is 13.3 Å². The average molecular weight is 334 g/mol. The minimum atomic E-state index is -0.468. The van der Waals surface area contributed by atoms with Gasteiger partial charge in [-0.1, -0.05) is 6.07 Å². The van der Waals surface area contributed by atoms with Crippen molar-refractivity contribution >= 4 is 23.5 Å². The molecule has 0 unspecified atom stereocenters. The molecule has 24 heavy (non-hydrogen) atoms. The van der Waals surface area contributed by atoms with Crippen molar-refractivity contribution < 1.29 is 23.9 Å². The highest BCUT2D eigenvalue weighted by atomic mass is 16.5. The number of anilines is 1. The highest BCUT2D eigenvalue weighted by Gasteiger charge is 2.20. The Kier molecular flexibility index (Phi) is 6.31. The lowest BCUT2D eigenvalue weighted by Crippen LogP contribution is -2.42. The van der Waals surface area contributed by atoms with Crippen molar-refractivity contribution in [1.29, 1.82) is 0 Å². The van der Waals surface area contributed by atoms with Crippen LogP contribution in [0.15, 0.2) is 24.3 Å². The van der Waals surface area contributed by atoms with Crippen LogP contribution in [0.4, 0.5) is 5.69 Å². The second-order valence-corrected chi connectivity index (χ2v) is 5.46. The summed E-state index contributed by atoms with van der Waals surface area (Å²) in [5.74, 6) is -0.662. The highest BCUT2D eigenvalue weighted by molar-refractivity contribution is 5.95. The van der Waals surface area contributed by atoms with Gasteiger partial charge >= 0.3 is 5.97 Å². The molecule has 1 aliphatic heterocycles. The molecule has 0 aliphatic carbocycles. The van der Waals surface area contributed by atoms with Crippen LogP contribution < -0.4 is 4.90 Å². The lowest BCUT2D eigenvalue weighted by Gasteiger charge is -2.28. The van der Waals surface area contributed by atoms with Gasteiger partial charge in [0.1, 0.15) is 0 Å². The molecule has 0 atom stereocenters. The predicted molar refractivity (Wildman–Crippen MR) is 87.8 cm³/mol. The Bertz CT molecular complexity index is 611. The highest BCUT2D eigenvalue weighted by Crippen LogP contribution is 2.18. The van der Waals surface area contributed by atoms with Crippen molar-refractivity contribution in [2.75, 3.05) is 44.9 Å². The molecule has 1 aromatic carbocycles. The van der Waals surface area contributed by atoms with Crippen LogP contribution in [0.5, 0.6) is 0 Å². The molecule has 1 fully saturated rings. The smallest absolute Gasteiger partial charge is 0.337 e. The van der Waals surface area contributed by atoms with Gasteiger partial charge < -0.3 is 19.3 Å². The van der Waals surface area contributed by atoms with Gasteiger partial charge in [-0.2, -0.15) is 0 Å². The lowest BCUT2D eigenvalue weighted by atomic mass is 10.1. The number of nitrogens with zero attached hydrogens (tertiary/aromatic N) is 2. The molecule has 0 saturated carbocycles. The summed E-state index contributed by atoms with van der Waals surface area (Å²) in [4.78, 5) is 39.1.